The van der Waals surface area contributed by atoms with Crippen LogP contribution in [0.4, 0.5) is 16.2 Å². The van der Waals surface area contributed by atoms with Crippen LogP contribution in [0.5, 0.6) is 0 Å². The van der Waals surface area contributed by atoms with Crippen molar-refractivity contribution in [2.45, 2.75) is 0 Å². The van der Waals surface area contributed by atoms with Crippen LogP contribution in [0.1, 0.15) is 15.9 Å². The lowest BCUT2D eigenvalue weighted by Crippen LogP contribution is -2.40. The van der Waals surface area contributed by atoms with Crippen molar-refractivity contribution >= 4 is 23.2 Å². The zero-order chi connectivity index (χ0) is 17.6. The smallest absolute Gasteiger partial charge is 0.338 e. The van der Waals surface area contributed by atoms with Crippen LogP contribution in [-0.2, 0) is 0 Å². The largest absolute Gasteiger partial charge is 0.350 e. The van der Waals surface area contributed by atoms with E-state index in [1.807, 2.05) is 36.4 Å². The molecule has 5 nitrogen and oxygen atoms in total. The second-order valence-electron chi connectivity index (χ2n) is 5.39. The molecule has 0 aromatic heterocycles. The molecule has 0 saturated heterocycles. The molecule has 5 heteroatoms. The SMILES string of the molecule is NC(=O)N(Nc1ccc(C(=O)c2ccccc2)cc1)c1ccccc1. The summed E-state index contributed by atoms with van der Waals surface area (Å²) in [7, 11) is 0. The molecule has 3 aromatic rings. The lowest BCUT2D eigenvalue weighted by molar-refractivity contribution is 0.103. The molecule has 0 heterocycles. The molecule has 25 heavy (non-hydrogen) atoms. The summed E-state index contributed by atoms with van der Waals surface area (Å²) in [5, 5.41) is 1.24. The number of anilines is 2. The van der Waals surface area contributed by atoms with E-state index in [0.717, 1.165) is 0 Å². The van der Waals surface area contributed by atoms with E-state index in [-0.39, 0.29) is 5.78 Å². The summed E-state index contributed by atoms with van der Waals surface area (Å²) in [6.45, 7) is 0. The molecule has 0 spiro atoms. The van der Waals surface area contributed by atoms with E-state index in [1.54, 1.807) is 48.5 Å². The van der Waals surface area contributed by atoms with Crippen molar-refractivity contribution in [3.05, 3.63) is 96.1 Å². The minimum absolute atomic E-state index is 0.0537. The molecule has 3 N–H and O–H groups in total. The molecule has 2 amide bonds. The Morgan fingerprint density at radius 3 is 1.80 bits per heavy atom. The average Bonchev–Trinajstić information content (AvgIpc) is 2.67. The summed E-state index contributed by atoms with van der Waals surface area (Å²) >= 11 is 0. The number of benzene rings is 3. The fraction of sp³-hybridized carbons (Fsp3) is 0. The topological polar surface area (TPSA) is 75.4 Å². The van der Waals surface area contributed by atoms with Gasteiger partial charge in [0.25, 0.3) is 0 Å². The summed E-state index contributed by atoms with van der Waals surface area (Å²) in [6, 6.07) is 24.3. The highest BCUT2D eigenvalue weighted by atomic mass is 16.2. The number of nitrogens with zero attached hydrogens (tertiary/aromatic N) is 1. The van der Waals surface area contributed by atoms with E-state index in [9.17, 15) is 9.59 Å². The first-order chi connectivity index (χ1) is 12.1. The Kier molecular flexibility index (Phi) is 4.76. The number of hydrogen-bond acceptors (Lipinski definition) is 3. The Morgan fingerprint density at radius 2 is 1.24 bits per heavy atom. The van der Waals surface area contributed by atoms with E-state index < -0.39 is 6.03 Å². The van der Waals surface area contributed by atoms with Crippen LogP contribution in [0.15, 0.2) is 84.9 Å². The predicted octanol–water partition coefficient (Wildman–Crippen LogP) is 3.83. The Bertz CT molecular complexity index is 862. The number of carbonyl (C=O) groups excluding carboxylic acids is 2. The molecular formula is C20H17N3O2. The molecule has 0 bridgehead atoms. The lowest BCUT2D eigenvalue weighted by Gasteiger charge is -2.22. The quantitative estimate of drug-likeness (QED) is 0.551. The van der Waals surface area contributed by atoms with Gasteiger partial charge >= 0.3 is 6.03 Å². The number of rotatable bonds is 5. The number of ketones is 1. The fourth-order valence-corrected chi connectivity index (χ4v) is 2.41. The highest BCUT2D eigenvalue weighted by Crippen LogP contribution is 2.18. The standard InChI is InChI=1S/C20H17N3O2/c21-20(25)23(18-9-5-2-6-10-18)22-17-13-11-16(12-14-17)19(24)15-7-3-1-4-8-15/h1-14,22H,(H2,21,25). The van der Waals surface area contributed by atoms with Gasteiger partial charge in [-0.25, -0.2) is 9.80 Å². The van der Waals surface area contributed by atoms with Gasteiger partial charge in [-0.3, -0.25) is 10.2 Å². The molecule has 0 fully saturated rings. The third-order valence-electron chi connectivity index (χ3n) is 3.66. The van der Waals surface area contributed by atoms with Crippen molar-refractivity contribution < 1.29 is 9.59 Å². The Labute approximate surface area is 145 Å². The van der Waals surface area contributed by atoms with Crippen molar-refractivity contribution in [3.63, 3.8) is 0 Å². The van der Waals surface area contributed by atoms with Gasteiger partial charge in [-0.05, 0) is 36.4 Å². The van der Waals surface area contributed by atoms with Crippen LogP contribution in [0.2, 0.25) is 0 Å². The van der Waals surface area contributed by atoms with Gasteiger partial charge in [0.05, 0.1) is 11.4 Å². The number of nitrogens with one attached hydrogen (secondary N) is 1. The summed E-state index contributed by atoms with van der Waals surface area (Å²) < 4.78 is 0. The maximum atomic E-state index is 12.4. The number of amides is 2. The maximum absolute atomic E-state index is 12.4. The molecule has 3 aromatic carbocycles. The third kappa shape index (κ3) is 3.84. The highest BCUT2D eigenvalue weighted by Gasteiger charge is 2.13. The monoisotopic (exact) mass is 331 g/mol. The Morgan fingerprint density at radius 1 is 0.720 bits per heavy atom. The molecule has 0 atom stereocenters. The fourth-order valence-electron chi connectivity index (χ4n) is 2.41. The number of hydrogen-bond donors (Lipinski definition) is 2. The maximum Gasteiger partial charge on any atom is 0.338 e. The molecule has 3 rings (SSSR count). The van der Waals surface area contributed by atoms with Crippen molar-refractivity contribution in [3.8, 4) is 0 Å². The highest BCUT2D eigenvalue weighted by molar-refractivity contribution is 6.09. The molecule has 0 aliphatic rings. The van der Waals surface area contributed by atoms with Gasteiger partial charge in [0.15, 0.2) is 5.78 Å². The van der Waals surface area contributed by atoms with Crippen LogP contribution >= 0.6 is 0 Å². The number of primary amides is 1. The zero-order valence-corrected chi connectivity index (χ0v) is 13.4. The summed E-state index contributed by atoms with van der Waals surface area (Å²) in [6.07, 6.45) is 0. The zero-order valence-electron chi connectivity index (χ0n) is 13.4. The first-order valence-electron chi connectivity index (χ1n) is 7.76. The molecule has 0 aliphatic heterocycles. The van der Waals surface area contributed by atoms with Crippen LogP contribution in [0.3, 0.4) is 0 Å². The van der Waals surface area contributed by atoms with Gasteiger partial charge in [-0.1, -0.05) is 48.5 Å². The number of hydrazine groups is 1. The van der Waals surface area contributed by atoms with Crippen molar-refractivity contribution in [1.82, 2.24) is 0 Å². The molecule has 0 aliphatic carbocycles. The summed E-state index contributed by atoms with van der Waals surface area (Å²) in [5.41, 5.74) is 10.9. The van der Waals surface area contributed by atoms with Gasteiger partial charge in [-0.15, -0.1) is 0 Å². The van der Waals surface area contributed by atoms with Crippen molar-refractivity contribution in [2.24, 2.45) is 5.73 Å². The van der Waals surface area contributed by atoms with Gasteiger partial charge in [0.1, 0.15) is 0 Å². The first-order valence-corrected chi connectivity index (χ1v) is 7.76. The van der Waals surface area contributed by atoms with Crippen molar-refractivity contribution in [2.75, 3.05) is 10.4 Å². The van der Waals surface area contributed by atoms with Crippen molar-refractivity contribution in [1.29, 1.82) is 0 Å². The number of carbonyl (C=O) groups is 2. The third-order valence-corrected chi connectivity index (χ3v) is 3.66. The lowest BCUT2D eigenvalue weighted by atomic mass is 10.0. The normalized spacial score (nSPS) is 10.1. The average molecular weight is 331 g/mol. The Balaban J connectivity index is 1.78. The van der Waals surface area contributed by atoms with Gasteiger partial charge in [-0.2, -0.15) is 0 Å². The van der Waals surface area contributed by atoms with Crippen LogP contribution in [0, 0.1) is 0 Å². The van der Waals surface area contributed by atoms with E-state index in [2.05, 4.69) is 5.43 Å². The molecule has 0 unspecified atom stereocenters. The second-order valence-corrected chi connectivity index (χ2v) is 5.39. The minimum atomic E-state index is -0.629. The van der Waals surface area contributed by atoms with Gasteiger partial charge in [0.2, 0.25) is 0 Å². The molecular weight excluding hydrogens is 314 g/mol. The number of para-hydroxylation sites is 1. The van der Waals surface area contributed by atoms with Crippen LogP contribution < -0.4 is 16.2 Å². The number of nitrogens with two attached hydrogens (primary N) is 1. The summed E-state index contributed by atoms with van der Waals surface area (Å²) in [4.78, 5) is 24.1. The van der Waals surface area contributed by atoms with E-state index in [4.69, 9.17) is 5.73 Å². The van der Waals surface area contributed by atoms with E-state index in [1.165, 1.54) is 5.01 Å². The van der Waals surface area contributed by atoms with Gasteiger partial charge in [0, 0.05) is 11.1 Å². The Hall–Kier alpha value is -3.60. The van der Waals surface area contributed by atoms with Crippen LogP contribution in [0.25, 0.3) is 0 Å². The molecule has 0 radical (unpaired) electrons. The van der Waals surface area contributed by atoms with Crippen LogP contribution in [-0.4, -0.2) is 11.8 Å². The summed E-state index contributed by atoms with van der Waals surface area (Å²) in [5.74, 6) is -0.0537. The first kappa shape index (κ1) is 16.3. The van der Waals surface area contributed by atoms with E-state index >= 15 is 0 Å². The van der Waals surface area contributed by atoms with E-state index in [0.29, 0.717) is 22.5 Å². The minimum Gasteiger partial charge on any atom is -0.350 e. The van der Waals surface area contributed by atoms with Gasteiger partial charge < -0.3 is 5.73 Å². The molecule has 0 saturated carbocycles. The molecule has 124 valence electrons. The number of urea groups is 1. The second kappa shape index (κ2) is 7.31. The predicted molar refractivity (Wildman–Crippen MR) is 98.4 cm³/mol.